The number of hydrogen-bond acceptors (Lipinski definition) is 21. The van der Waals surface area contributed by atoms with E-state index in [0.29, 0.717) is 82.8 Å². The second kappa shape index (κ2) is 53.5. The van der Waals surface area contributed by atoms with Gasteiger partial charge in [0.2, 0.25) is 23.1 Å². The number of methoxy groups -OCH3 is 4. The van der Waals surface area contributed by atoms with E-state index in [2.05, 4.69) is 42.1 Å². The molecule has 4 unspecified atom stereocenters. The summed E-state index contributed by atoms with van der Waals surface area (Å²) < 4.78 is 20.7. The van der Waals surface area contributed by atoms with E-state index in [0.717, 1.165) is 86.5 Å². The molecule has 0 radical (unpaired) electrons. The predicted molar refractivity (Wildman–Crippen MR) is 518 cm³/mol. The second-order valence-electron chi connectivity index (χ2n) is 36.8. The summed E-state index contributed by atoms with van der Waals surface area (Å²) in [4.78, 5) is 211. The molecule has 0 heterocycles. The topological polar surface area (TPSA) is 416 Å². The van der Waals surface area contributed by atoms with Crippen LogP contribution in [0.1, 0.15) is 201 Å². The van der Waals surface area contributed by atoms with Crippen LogP contribution < -0.4 is 61.6 Å². The predicted octanol–water partition coefficient (Wildman–Crippen LogP) is 12.5. The highest BCUT2D eigenvalue weighted by atomic mass is 16.6. The van der Waals surface area contributed by atoms with Crippen molar-refractivity contribution >= 4 is 93.5 Å². The number of rotatable bonds is 51. The fraction of sp³-hybridized carbons (Fsp3) is 0.413. The molecular weight excluding hydrogens is 1760 g/mol. The first-order chi connectivity index (χ1) is 66.4. The van der Waals surface area contributed by atoms with Gasteiger partial charge >= 0.3 is 5.91 Å². The molecule has 0 aliphatic heterocycles. The molecule has 5 aliphatic rings. The third-order valence-electron chi connectivity index (χ3n) is 24.3. The first kappa shape index (κ1) is 106. The first-order valence-corrected chi connectivity index (χ1v) is 47.4. The molecule has 8 atom stereocenters. The normalized spacial score (nSPS) is 15.1. The SMILES string of the molecule is CONC(=O)C(=O)C(CC(=O)[C@H](CC1CC1)NC(=O)c1cccc(OC)c1)Cc1ccccc1.COc1cccc(C(=O)N[C@@H](CC(C)C)C(=O)CC(Cc2ccccc2)C(=O)C(=O)NC2CC2)c1.COc1cccc(C(=O)N[C@@H](CC2CC2)C(=O)CC(Cc2ccccc2)C(=O)C(=O)NC2CC2)c1.COc1cccc(C(=O)N[C@H](C(=O)CC(Cc2ccccc2)C(=O)C(=O)NC2CC2)C(C)C)c1. The summed E-state index contributed by atoms with van der Waals surface area (Å²) in [5.41, 5.74) is 7.04. The lowest BCUT2D eigenvalue weighted by molar-refractivity contribution is -0.147. The van der Waals surface area contributed by atoms with E-state index in [4.69, 9.17) is 18.9 Å². The highest BCUT2D eigenvalue weighted by Crippen LogP contribution is 2.37. The lowest BCUT2D eigenvalue weighted by Crippen LogP contribution is -2.46. The maximum absolute atomic E-state index is 13.4. The Bertz CT molecular complexity index is 5360. The largest absolute Gasteiger partial charge is 0.497 e. The van der Waals surface area contributed by atoms with Gasteiger partial charge in [-0.3, -0.25) is 81.6 Å². The molecule has 8 N–H and O–H groups in total. The monoisotopic (exact) mass is 1880 g/mol. The van der Waals surface area contributed by atoms with Crippen LogP contribution >= 0.6 is 0 Å². The zero-order chi connectivity index (χ0) is 99.3. The van der Waals surface area contributed by atoms with Crippen molar-refractivity contribution < 1.29 is 100 Å². The van der Waals surface area contributed by atoms with Gasteiger partial charge < -0.3 is 56.2 Å². The maximum Gasteiger partial charge on any atom is 0.311 e. The van der Waals surface area contributed by atoms with Crippen LogP contribution in [0.4, 0.5) is 0 Å². The first-order valence-electron chi connectivity index (χ1n) is 47.4. The van der Waals surface area contributed by atoms with Crippen molar-refractivity contribution in [1.82, 2.24) is 42.7 Å². The average Bonchev–Trinajstić information content (AvgIpc) is 1.56. The van der Waals surface area contributed by atoms with Crippen molar-refractivity contribution in [2.45, 2.75) is 205 Å². The van der Waals surface area contributed by atoms with E-state index in [1.54, 1.807) is 97.1 Å². The molecule has 138 heavy (non-hydrogen) atoms. The fourth-order valence-electron chi connectivity index (χ4n) is 15.8. The number of benzene rings is 8. The van der Waals surface area contributed by atoms with Crippen LogP contribution in [0.15, 0.2) is 218 Å². The number of hydrogen-bond donors (Lipinski definition) is 8. The summed E-state index contributed by atoms with van der Waals surface area (Å²) >= 11 is 0. The molecule has 0 saturated heterocycles. The van der Waals surface area contributed by atoms with Gasteiger partial charge in [-0.2, -0.15) is 0 Å². The zero-order valence-electron chi connectivity index (χ0n) is 79.9. The highest BCUT2D eigenvalue weighted by Gasteiger charge is 2.41. The molecule has 8 amide bonds. The van der Waals surface area contributed by atoms with Crippen LogP contribution in [0.2, 0.25) is 0 Å². The lowest BCUT2D eigenvalue weighted by Gasteiger charge is -2.24. The third-order valence-corrected chi connectivity index (χ3v) is 24.3. The van der Waals surface area contributed by atoms with Crippen molar-refractivity contribution in [1.29, 1.82) is 0 Å². The van der Waals surface area contributed by atoms with Gasteiger partial charge in [-0.1, -0.05) is 199 Å². The van der Waals surface area contributed by atoms with Gasteiger partial charge in [0.15, 0.2) is 23.1 Å². The maximum atomic E-state index is 13.4. The van der Waals surface area contributed by atoms with E-state index < -0.39 is 101 Å². The van der Waals surface area contributed by atoms with Crippen LogP contribution in [0.5, 0.6) is 23.0 Å². The number of hydroxylamine groups is 1. The number of carbonyl (C=O) groups is 16. The van der Waals surface area contributed by atoms with Gasteiger partial charge in [0, 0.05) is 89.7 Å². The standard InChI is InChI=1S/C28H32N2O5.C28H34N2O5.C27H32N2O5.C26H30N2O6/c1-35-23-9-5-8-20(16-23)27(33)30-24(15-19-10-11-19)25(31)17-21(14-18-6-3-2-4-7-18)26(32)28(34)29-22-12-13-22;1-18(2)14-24(30-27(33)20-10-7-11-23(16-20)35-3)25(31)17-21(15-19-8-5-4-6-9-19)26(32)28(34)29-22-12-13-22;1-17(2)24(29-26(32)19-10-7-11-22(15-19)34-3)23(30)16-20(14-18-8-5-4-6-9-18)25(31)27(33)28-21-12-13-21;1-33-21-10-6-9-19(15-21)25(31)27-22(14-18-11-12-18)23(29)16-20(24(30)26(32)28-34-2)13-17-7-4-3-5-8-17/h2-9,16,19,21-22,24H,10-15,17H2,1H3,(H,29,34)(H,30,33);4-11,16,18,21-22,24H,12-15,17H2,1-3H3,(H,29,34)(H,30,33);4-11,15,17,20-21,24H,12-14,16H2,1-3H3,(H,28,33)(H,29,32);3-10,15,18,20,22H,11-14,16H2,1-2H3,(H,27,31)(H,28,32)/t2*21?,24-;20?,24-;20?,22-/m0000/s1. The quantitative estimate of drug-likeness (QED) is 0.0130. The Balaban J connectivity index is 0.000000190. The van der Waals surface area contributed by atoms with Gasteiger partial charge in [-0.15, -0.1) is 0 Å². The van der Waals surface area contributed by atoms with Gasteiger partial charge in [0.25, 0.3) is 41.4 Å². The number of nitrogens with one attached hydrogen (secondary N) is 8. The Morgan fingerprint density at radius 3 is 0.812 bits per heavy atom. The van der Waals surface area contributed by atoms with Crippen molar-refractivity contribution in [3.05, 3.63) is 263 Å². The van der Waals surface area contributed by atoms with Gasteiger partial charge in [0.05, 0.1) is 59.7 Å². The van der Waals surface area contributed by atoms with Gasteiger partial charge in [-0.05, 0) is 202 Å². The minimum absolute atomic E-state index is 0.0510. The lowest BCUT2D eigenvalue weighted by atomic mass is 9.86. The molecule has 13 rings (SSSR count). The van der Waals surface area contributed by atoms with Crippen molar-refractivity contribution in [3.63, 3.8) is 0 Å². The molecule has 29 nitrogen and oxygen atoms in total. The zero-order valence-corrected chi connectivity index (χ0v) is 79.9. The molecule has 5 aliphatic carbocycles. The molecule has 5 fully saturated rings. The number of ketones is 8. The van der Waals surface area contributed by atoms with E-state index in [1.807, 2.05) is 155 Å². The van der Waals surface area contributed by atoms with Gasteiger partial charge in [-0.25, -0.2) is 5.48 Å². The van der Waals surface area contributed by atoms with E-state index >= 15 is 0 Å². The second-order valence-corrected chi connectivity index (χ2v) is 36.8. The molecular formula is C109H128N8O21. The summed E-state index contributed by atoms with van der Waals surface area (Å²) in [6.07, 6.45) is 11.3. The van der Waals surface area contributed by atoms with Crippen LogP contribution in [-0.2, 0) is 88.1 Å². The number of ether oxygens (including phenoxy) is 4. The summed E-state index contributed by atoms with van der Waals surface area (Å²) in [6.45, 7) is 7.60. The molecule has 0 aromatic heterocycles. The summed E-state index contributed by atoms with van der Waals surface area (Å²) in [5.74, 6) is -8.27. The van der Waals surface area contributed by atoms with E-state index in [1.165, 1.54) is 35.5 Å². The highest BCUT2D eigenvalue weighted by molar-refractivity contribution is 6.39. The van der Waals surface area contributed by atoms with E-state index in [9.17, 15) is 76.7 Å². The Kier molecular flexibility index (Phi) is 41.1. The van der Waals surface area contributed by atoms with Crippen LogP contribution in [0, 0.1) is 47.3 Å². The fourth-order valence-corrected chi connectivity index (χ4v) is 15.8. The minimum atomic E-state index is -0.907. The summed E-state index contributed by atoms with van der Waals surface area (Å²) in [5, 5.41) is 19.6. The molecule has 5 saturated carbocycles. The minimum Gasteiger partial charge on any atom is -0.497 e. The molecule has 29 heteroatoms. The Labute approximate surface area is 806 Å². The Morgan fingerprint density at radius 1 is 0.297 bits per heavy atom. The molecule has 0 bridgehead atoms. The number of Topliss-reactive ketones (excluding diaryl/α,β-unsaturated/α-hetero) is 8. The smallest absolute Gasteiger partial charge is 0.311 e. The average molecular weight is 1890 g/mol. The number of amides is 8. The molecule has 8 aromatic carbocycles. The van der Waals surface area contributed by atoms with Crippen molar-refractivity contribution in [2.24, 2.45) is 47.3 Å². The third kappa shape index (κ3) is 35.6. The van der Waals surface area contributed by atoms with Gasteiger partial charge in [0.1, 0.15) is 23.0 Å². The Hall–Kier alpha value is -14.0. The van der Waals surface area contributed by atoms with Crippen LogP contribution in [-0.4, -0.2) is 171 Å². The van der Waals surface area contributed by atoms with Crippen molar-refractivity contribution in [3.8, 4) is 23.0 Å². The van der Waals surface area contributed by atoms with E-state index in [-0.39, 0.29) is 116 Å². The summed E-state index contributed by atoms with van der Waals surface area (Å²) in [6, 6.07) is 61.2. The Morgan fingerprint density at radius 2 is 0.558 bits per heavy atom. The van der Waals surface area contributed by atoms with Crippen LogP contribution in [0.3, 0.4) is 0 Å². The molecule has 8 aromatic rings. The van der Waals surface area contributed by atoms with Crippen LogP contribution in [0.25, 0.3) is 0 Å². The number of carbonyl (C=O) groups excluding carboxylic acids is 16. The molecule has 730 valence electrons. The molecule has 0 spiro atoms. The van der Waals surface area contributed by atoms with Crippen molar-refractivity contribution in [2.75, 3.05) is 35.5 Å². The summed E-state index contributed by atoms with van der Waals surface area (Å²) in [7, 11) is 7.31.